The Morgan fingerprint density at radius 1 is 1.19 bits per heavy atom. The number of aliphatic hydroxyl groups is 1. The normalized spacial score (nSPS) is 13.5. The number of anilines is 1. The number of nitrogen functional groups attached to an aromatic ring is 1. The molecule has 0 aliphatic rings. The van der Waals surface area contributed by atoms with Crippen molar-refractivity contribution in [3.8, 4) is 11.5 Å². The van der Waals surface area contributed by atoms with Gasteiger partial charge < -0.3 is 20.3 Å². The summed E-state index contributed by atoms with van der Waals surface area (Å²) in [4.78, 5) is 4.02. The van der Waals surface area contributed by atoms with Gasteiger partial charge >= 0.3 is 0 Å². The van der Waals surface area contributed by atoms with Gasteiger partial charge in [-0.05, 0) is 30.7 Å². The van der Waals surface area contributed by atoms with E-state index in [1.54, 1.807) is 39.5 Å². The average Bonchev–Trinajstić information content (AvgIpc) is 2.47. The lowest BCUT2D eigenvalue weighted by Gasteiger charge is -2.25. The fraction of sp³-hybridized carbons (Fsp3) is 0.312. The molecule has 0 saturated carbocycles. The van der Waals surface area contributed by atoms with Crippen molar-refractivity contribution in [3.63, 3.8) is 0 Å². The van der Waals surface area contributed by atoms with Crippen LogP contribution < -0.4 is 15.2 Å². The molecule has 1 aromatic carbocycles. The molecule has 1 aromatic heterocycles. The van der Waals surface area contributed by atoms with Gasteiger partial charge in [-0.15, -0.1) is 0 Å². The molecule has 0 aliphatic carbocycles. The molecule has 0 fully saturated rings. The summed E-state index contributed by atoms with van der Waals surface area (Å²) < 4.78 is 10.5. The van der Waals surface area contributed by atoms with Crippen molar-refractivity contribution in [2.45, 2.75) is 18.9 Å². The molecule has 0 amide bonds. The summed E-state index contributed by atoms with van der Waals surface area (Å²) >= 11 is 0. The summed E-state index contributed by atoms with van der Waals surface area (Å²) in [6, 6.07) is 9.09. The Hall–Kier alpha value is -2.27. The van der Waals surface area contributed by atoms with Gasteiger partial charge in [0.2, 0.25) is 0 Å². The molecule has 2 aromatic rings. The second-order valence-electron chi connectivity index (χ2n) is 5.08. The SMILES string of the molecule is COc1ccc(CC(C)(O)c2cccnc2N)cc1OC. The molecule has 0 bridgehead atoms. The van der Waals surface area contributed by atoms with E-state index in [1.807, 2.05) is 18.2 Å². The molecule has 2 rings (SSSR count). The summed E-state index contributed by atoms with van der Waals surface area (Å²) in [6.07, 6.45) is 1.99. The Balaban J connectivity index is 2.30. The van der Waals surface area contributed by atoms with E-state index in [9.17, 15) is 5.11 Å². The first kappa shape index (κ1) is 15.1. The first-order valence-corrected chi connectivity index (χ1v) is 6.62. The Morgan fingerprint density at radius 3 is 2.52 bits per heavy atom. The van der Waals surface area contributed by atoms with Gasteiger partial charge in [0.25, 0.3) is 0 Å². The van der Waals surface area contributed by atoms with E-state index < -0.39 is 5.60 Å². The quantitative estimate of drug-likeness (QED) is 0.881. The molecule has 0 spiro atoms. The summed E-state index contributed by atoms with van der Waals surface area (Å²) in [5, 5.41) is 10.7. The monoisotopic (exact) mass is 288 g/mol. The number of hydrogen-bond donors (Lipinski definition) is 2. The number of nitrogens with zero attached hydrogens (tertiary/aromatic N) is 1. The van der Waals surface area contributed by atoms with Gasteiger partial charge in [0, 0.05) is 18.2 Å². The van der Waals surface area contributed by atoms with Crippen molar-refractivity contribution in [2.24, 2.45) is 0 Å². The van der Waals surface area contributed by atoms with E-state index in [2.05, 4.69) is 4.98 Å². The van der Waals surface area contributed by atoms with Crippen molar-refractivity contribution in [1.82, 2.24) is 4.98 Å². The minimum Gasteiger partial charge on any atom is -0.493 e. The largest absolute Gasteiger partial charge is 0.493 e. The molecule has 0 saturated heterocycles. The predicted octanol–water partition coefficient (Wildman–Crippen LogP) is 2.13. The van der Waals surface area contributed by atoms with E-state index in [0.29, 0.717) is 29.3 Å². The Morgan fingerprint density at radius 2 is 1.90 bits per heavy atom. The van der Waals surface area contributed by atoms with Crippen molar-refractivity contribution < 1.29 is 14.6 Å². The summed E-state index contributed by atoms with van der Waals surface area (Å²) in [5.74, 6) is 1.62. The van der Waals surface area contributed by atoms with Crippen LogP contribution in [0.1, 0.15) is 18.1 Å². The smallest absolute Gasteiger partial charge is 0.160 e. The Kier molecular flexibility index (Phi) is 4.33. The number of aromatic nitrogens is 1. The maximum absolute atomic E-state index is 10.7. The van der Waals surface area contributed by atoms with Crippen LogP contribution in [0.2, 0.25) is 0 Å². The first-order valence-electron chi connectivity index (χ1n) is 6.62. The van der Waals surface area contributed by atoms with Crippen LogP contribution in [0.5, 0.6) is 11.5 Å². The minimum absolute atomic E-state index is 0.336. The molecule has 5 nitrogen and oxygen atoms in total. The Bertz CT molecular complexity index is 627. The molecular weight excluding hydrogens is 268 g/mol. The standard InChI is InChI=1S/C16H20N2O3/c1-16(19,12-5-4-8-18-15(12)17)10-11-6-7-13(20-2)14(9-11)21-3/h4-9,19H,10H2,1-3H3,(H2,17,18). The van der Waals surface area contributed by atoms with Crippen LogP contribution in [0.25, 0.3) is 0 Å². The van der Waals surface area contributed by atoms with E-state index in [4.69, 9.17) is 15.2 Å². The van der Waals surface area contributed by atoms with Gasteiger partial charge in [0.1, 0.15) is 5.82 Å². The molecular formula is C16H20N2O3. The highest BCUT2D eigenvalue weighted by Crippen LogP contribution is 2.32. The second-order valence-corrected chi connectivity index (χ2v) is 5.08. The highest BCUT2D eigenvalue weighted by atomic mass is 16.5. The maximum Gasteiger partial charge on any atom is 0.160 e. The molecule has 0 radical (unpaired) electrons. The van der Waals surface area contributed by atoms with Crippen LogP contribution in [0.4, 0.5) is 5.82 Å². The molecule has 3 N–H and O–H groups in total. The zero-order valence-corrected chi connectivity index (χ0v) is 12.5. The van der Waals surface area contributed by atoms with Crippen LogP contribution in [0, 0.1) is 0 Å². The van der Waals surface area contributed by atoms with Crippen LogP contribution >= 0.6 is 0 Å². The molecule has 1 atom stereocenters. The van der Waals surface area contributed by atoms with Crippen molar-refractivity contribution in [1.29, 1.82) is 0 Å². The zero-order chi connectivity index (χ0) is 15.5. The number of pyridine rings is 1. The summed E-state index contributed by atoms with van der Waals surface area (Å²) in [5.41, 5.74) is 6.26. The van der Waals surface area contributed by atoms with Crippen LogP contribution in [-0.4, -0.2) is 24.3 Å². The third kappa shape index (κ3) is 3.25. The third-order valence-electron chi connectivity index (χ3n) is 3.42. The molecule has 0 aliphatic heterocycles. The van der Waals surface area contributed by atoms with Gasteiger partial charge in [0.15, 0.2) is 11.5 Å². The lowest BCUT2D eigenvalue weighted by molar-refractivity contribution is 0.0581. The fourth-order valence-electron chi connectivity index (χ4n) is 2.36. The van der Waals surface area contributed by atoms with Gasteiger partial charge in [-0.3, -0.25) is 0 Å². The van der Waals surface area contributed by atoms with Gasteiger partial charge in [-0.1, -0.05) is 12.1 Å². The minimum atomic E-state index is -1.11. The lowest BCUT2D eigenvalue weighted by Crippen LogP contribution is -2.26. The Labute approximate surface area is 124 Å². The topological polar surface area (TPSA) is 77.6 Å². The van der Waals surface area contributed by atoms with E-state index >= 15 is 0 Å². The van der Waals surface area contributed by atoms with Crippen LogP contribution in [0.15, 0.2) is 36.5 Å². The molecule has 112 valence electrons. The van der Waals surface area contributed by atoms with Crippen molar-refractivity contribution in [3.05, 3.63) is 47.7 Å². The summed E-state index contributed by atoms with van der Waals surface area (Å²) in [7, 11) is 3.17. The number of nitrogens with two attached hydrogens (primary N) is 1. The van der Waals surface area contributed by atoms with Gasteiger partial charge in [-0.2, -0.15) is 0 Å². The zero-order valence-electron chi connectivity index (χ0n) is 12.5. The predicted molar refractivity (Wildman–Crippen MR) is 81.5 cm³/mol. The highest BCUT2D eigenvalue weighted by molar-refractivity contribution is 5.46. The third-order valence-corrected chi connectivity index (χ3v) is 3.42. The molecule has 21 heavy (non-hydrogen) atoms. The van der Waals surface area contributed by atoms with Crippen LogP contribution in [-0.2, 0) is 12.0 Å². The first-order chi connectivity index (χ1) is 9.97. The highest BCUT2D eigenvalue weighted by Gasteiger charge is 2.26. The number of rotatable bonds is 5. The number of ether oxygens (including phenoxy) is 2. The van der Waals surface area contributed by atoms with E-state index in [-0.39, 0.29) is 0 Å². The second kappa shape index (κ2) is 6.01. The fourth-order valence-corrected chi connectivity index (χ4v) is 2.36. The van der Waals surface area contributed by atoms with E-state index in [0.717, 1.165) is 5.56 Å². The van der Waals surface area contributed by atoms with Gasteiger partial charge in [0.05, 0.1) is 19.8 Å². The van der Waals surface area contributed by atoms with Gasteiger partial charge in [-0.25, -0.2) is 4.98 Å². The number of benzene rings is 1. The number of methoxy groups -OCH3 is 2. The molecule has 1 heterocycles. The summed E-state index contributed by atoms with van der Waals surface area (Å²) in [6.45, 7) is 1.72. The molecule has 5 heteroatoms. The maximum atomic E-state index is 10.7. The van der Waals surface area contributed by atoms with Crippen molar-refractivity contribution >= 4 is 5.82 Å². The lowest BCUT2D eigenvalue weighted by atomic mass is 9.89. The van der Waals surface area contributed by atoms with Crippen molar-refractivity contribution in [2.75, 3.05) is 20.0 Å². The average molecular weight is 288 g/mol. The number of hydrogen-bond acceptors (Lipinski definition) is 5. The van der Waals surface area contributed by atoms with E-state index in [1.165, 1.54) is 0 Å². The molecule has 1 unspecified atom stereocenters. The van der Waals surface area contributed by atoms with Crippen LogP contribution in [0.3, 0.4) is 0 Å².